The molecule has 0 amide bonds. The van der Waals surface area contributed by atoms with Crippen molar-refractivity contribution in [3.63, 3.8) is 0 Å². The highest BCUT2D eigenvalue weighted by atomic mass is 35.5. The van der Waals surface area contributed by atoms with Crippen LogP contribution in [0.5, 0.6) is 0 Å². The first-order valence-corrected chi connectivity index (χ1v) is 6.46. The van der Waals surface area contributed by atoms with Gasteiger partial charge in [-0.1, -0.05) is 35.0 Å². The minimum atomic E-state index is -1.05. The number of carboxylic acids is 1. The molecule has 92 valence electrons. The predicted molar refractivity (Wildman–Crippen MR) is 71.8 cm³/mol. The van der Waals surface area contributed by atoms with E-state index in [-0.39, 0.29) is 10.6 Å². The highest BCUT2D eigenvalue weighted by Crippen LogP contribution is 2.33. The lowest BCUT2D eigenvalue weighted by molar-refractivity contribution is 0.0697. The summed E-state index contributed by atoms with van der Waals surface area (Å²) in [6, 6.07) is 8.20. The topological polar surface area (TPSA) is 50.2 Å². The summed E-state index contributed by atoms with van der Waals surface area (Å²) in [6.07, 6.45) is 1.64. The van der Waals surface area contributed by atoms with Crippen molar-refractivity contribution < 1.29 is 9.90 Å². The van der Waals surface area contributed by atoms with Crippen LogP contribution in [0.4, 0.5) is 0 Å². The van der Waals surface area contributed by atoms with E-state index >= 15 is 0 Å². The average Bonchev–Trinajstić information content (AvgIpc) is 2.32. The highest BCUT2D eigenvalue weighted by Gasteiger charge is 2.10. The third-order valence-electron chi connectivity index (χ3n) is 2.11. The monoisotopic (exact) mass is 299 g/mol. The van der Waals surface area contributed by atoms with Crippen LogP contribution < -0.4 is 0 Å². The predicted octanol–water partition coefficient (Wildman–Crippen LogP) is 4.24. The number of hydrogen-bond acceptors (Lipinski definition) is 3. The lowest BCUT2D eigenvalue weighted by atomic mass is 10.2. The Morgan fingerprint density at radius 1 is 1.22 bits per heavy atom. The van der Waals surface area contributed by atoms with Gasteiger partial charge < -0.3 is 5.11 Å². The van der Waals surface area contributed by atoms with Crippen LogP contribution in [-0.2, 0) is 0 Å². The maximum absolute atomic E-state index is 10.8. The van der Waals surface area contributed by atoms with Crippen molar-refractivity contribution >= 4 is 40.9 Å². The SMILES string of the molecule is O=C(O)c1ccc(Sc2ncccc2Cl)cc1Cl. The fraction of sp³-hybridized carbons (Fsp3) is 0. The molecular formula is C12H7Cl2NO2S. The molecule has 18 heavy (non-hydrogen) atoms. The molecule has 0 atom stereocenters. The Kier molecular flexibility index (Phi) is 4.11. The summed E-state index contributed by atoms with van der Waals surface area (Å²) in [5.41, 5.74) is 0.0770. The second-order valence-corrected chi connectivity index (χ2v) is 5.22. The van der Waals surface area contributed by atoms with E-state index in [1.54, 1.807) is 30.5 Å². The van der Waals surface area contributed by atoms with E-state index in [0.29, 0.717) is 10.0 Å². The Hall–Kier alpha value is -1.23. The van der Waals surface area contributed by atoms with E-state index in [9.17, 15) is 4.79 Å². The molecule has 3 nitrogen and oxygen atoms in total. The van der Waals surface area contributed by atoms with Gasteiger partial charge in [0.25, 0.3) is 0 Å². The summed E-state index contributed by atoms with van der Waals surface area (Å²) in [5.74, 6) is -1.05. The van der Waals surface area contributed by atoms with E-state index in [1.165, 1.54) is 17.8 Å². The molecular weight excluding hydrogens is 293 g/mol. The van der Waals surface area contributed by atoms with Gasteiger partial charge in [0, 0.05) is 11.1 Å². The molecule has 0 aliphatic heterocycles. The maximum Gasteiger partial charge on any atom is 0.337 e. The Balaban J connectivity index is 2.29. The van der Waals surface area contributed by atoms with Gasteiger partial charge in [0.1, 0.15) is 5.03 Å². The van der Waals surface area contributed by atoms with Crippen molar-refractivity contribution in [3.8, 4) is 0 Å². The second-order valence-electron chi connectivity index (χ2n) is 3.34. The first-order valence-electron chi connectivity index (χ1n) is 4.89. The van der Waals surface area contributed by atoms with Crippen molar-refractivity contribution in [1.82, 2.24) is 4.98 Å². The van der Waals surface area contributed by atoms with Crippen LogP contribution in [0.1, 0.15) is 10.4 Å². The van der Waals surface area contributed by atoms with Gasteiger partial charge in [0.2, 0.25) is 0 Å². The van der Waals surface area contributed by atoms with Gasteiger partial charge >= 0.3 is 5.97 Å². The number of halogens is 2. The normalized spacial score (nSPS) is 10.3. The highest BCUT2D eigenvalue weighted by molar-refractivity contribution is 7.99. The van der Waals surface area contributed by atoms with Crippen LogP contribution in [0.3, 0.4) is 0 Å². The van der Waals surface area contributed by atoms with Gasteiger partial charge in [-0.15, -0.1) is 0 Å². The Morgan fingerprint density at radius 3 is 2.61 bits per heavy atom. The zero-order valence-corrected chi connectivity index (χ0v) is 11.3. The van der Waals surface area contributed by atoms with E-state index in [2.05, 4.69) is 4.98 Å². The molecule has 1 N–H and O–H groups in total. The fourth-order valence-electron chi connectivity index (χ4n) is 1.29. The van der Waals surface area contributed by atoms with Gasteiger partial charge in [0.05, 0.1) is 15.6 Å². The average molecular weight is 300 g/mol. The van der Waals surface area contributed by atoms with E-state index < -0.39 is 5.97 Å². The number of carbonyl (C=O) groups is 1. The number of hydrogen-bond donors (Lipinski definition) is 1. The quantitative estimate of drug-likeness (QED) is 0.921. The van der Waals surface area contributed by atoms with Crippen LogP contribution in [0.15, 0.2) is 46.5 Å². The van der Waals surface area contributed by atoms with Crippen LogP contribution in [0, 0.1) is 0 Å². The van der Waals surface area contributed by atoms with E-state index in [1.807, 2.05) is 0 Å². The van der Waals surface area contributed by atoms with Crippen molar-refractivity contribution in [3.05, 3.63) is 52.1 Å². The standard InChI is InChI=1S/C12H7Cl2NO2S/c13-9-2-1-5-15-11(9)18-7-3-4-8(12(16)17)10(14)6-7/h1-6H,(H,16,17). The third kappa shape index (κ3) is 2.96. The molecule has 6 heteroatoms. The van der Waals surface area contributed by atoms with Crippen molar-refractivity contribution in [2.75, 3.05) is 0 Å². The molecule has 2 rings (SSSR count). The zero-order valence-electron chi connectivity index (χ0n) is 8.93. The third-order valence-corrected chi connectivity index (χ3v) is 3.85. The van der Waals surface area contributed by atoms with E-state index in [4.69, 9.17) is 28.3 Å². The van der Waals surface area contributed by atoms with Gasteiger partial charge in [-0.05, 0) is 30.3 Å². The number of carboxylic acid groups (broad SMARTS) is 1. The van der Waals surface area contributed by atoms with Crippen molar-refractivity contribution in [1.29, 1.82) is 0 Å². The van der Waals surface area contributed by atoms with E-state index in [0.717, 1.165) is 4.90 Å². The molecule has 1 heterocycles. The van der Waals surface area contributed by atoms with Gasteiger partial charge in [-0.3, -0.25) is 0 Å². The molecule has 1 aromatic carbocycles. The van der Waals surface area contributed by atoms with Gasteiger partial charge in [-0.25, -0.2) is 9.78 Å². The number of nitrogens with zero attached hydrogens (tertiary/aromatic N) is 1. The summed E-state index contributed by atoms with van der Waals surface area (Å²) < 4.78 is 0. The van der Waals surface area contributed by atoms with Crippen molar-refractivity contribution in [2.45, 2.75) is 9.92 Å². The first-order chi connectivity index (χ1) is 8.58. The smallest absolute Gasteiger partial charge is 0.337 e. The summed E-state index contributed by atoms with van der Waals surface area (Å²) >= 11 is 13.2. The molecule has 0 aliphatic carbocycles. The summed E-state index contributed by atoms with van der Waals surface area (Å²) in [7, 11) is 0. The Morgan fingerprint density at radius 2 is 2.00 bits per heavy atom. The molecule has 2 aromatic rings. The van der Waals surface area contributed by atoms with Crippen LogP contribution in [0.2, 0.25) is 10.0 Å². The summed E-state index contributed by atoms with van der Waals surface area (Å²) in [4.78, 5) is 15.7. The number of benzene rings is 1. The lowest BCUT2D eigenvalue weighted by Gasteiger charge is -2.04. The molecule has 0 bridgehead atoms. The number of aromatic carboxylic acids is 1. The summed E-state index contributed by atoms with van der Waals surface area (Å²) in [5, 5.41) is 10.3. The molecule has 0 saturated heterocycles. The van der Waals surface area contributed by atoms with Crippen LogP contribution in [0.25, 0.3) is 0 Å². The minimum absolute atomic E-state index is 0.0770. The Bertz CT molecular complexity index is 604. The van der Waals surface area contributed by atoms with Gasteiger partial charge in [0.15, 0.2) is 0 Å². The second kappa shape index (κ2) is 5.61. The number of rotatable bonds is 3. The molecule has 0 saturated carbocycles. The van der Waals surface area contributed by atoms with Crippen LogP contribution in [-0.4, -0.2) is 16.1 Å². The molecule has 0 fully saturated rings. The zero-order chi connectivity index (χ0) is 13.1. The molecule has 1 aromatic heterocycles. The van der Waals surface area contributed by atoms with Gasteiger partial charge in [-0.2, -0.15) is 0 Å². The molecule has 0 radical (unpaired) electrons. The number of aromatic nitrogens is 1. The molecule has 0 unspecified atom stereocenters. The lowest BCUT2D eigenvalue weighted by Crippen LogP contribution is -1.96. The first kappa shape index (κ1) is 13.2. The number of pyridine rings is 1. The Labute approximate surface area is 118 Å². The molecule has 0 aliphatic rings. The minimum Gasteiger partial charge on any atom is -0.478 e. The molecule has 0 spiro atoms. The van der Waals surface area contributed by atoms with Crippen molar-refractivity contribution in [2.24, 2.45) is 0 Å². The fourth-order valence-corrected chi connectivity index (χ4v) is 2.67. The van der Waals surface area contributed by atoms with Crippen LogP contribution >= 0.6 is 35.0 Å². The summed E-state index contributed by atoms with van der Waals surface area (Å²) in [6.45, 7) is 0. The maximum atomic E-state index is 10.8. The largest absolute Gasteiger partial charge is 0.478 e.